The van der Waals surface area contributed by atoms with E-state index in [2.05, 4.69) is 15.3 Å². The minimum atomic E-state index is -0.323. The molecule has 4 aromatic rings. The molecule has 0 spiro atoms. The number of thioether (sulfide) groups is 1. The third-order valence-electron chi connectivity index (χ3n) is 4.38. The first-order chi connectivity index (χ1) is 14.6. The highest BCUT2D eigenvalue weighted by Gasteiger charge is 2.14. The molecular formula is C22H17FN4O2S. The average molecular weight is 420 g/mol. The molecule has 0 saturated heterocycles. The summed E-state index contributed by atoms with van der Waals surface area (Å²) in [7, 11) is 0. The lowest BCUT2D eigenvalue weighted by atomic mass is 10.2. The SMILES string of the molecule is O=C(CSc1nc2ccccc2c(=O)n1-c1cccnc1)NCc1ccc(F)cc1. The molecule has 150 valence electrons. The molecule has 0 unspecified atom stereocenters. The minimum Gasteiger partial charge on any atom is -0.351 e. The molecule has 8 heteroatoms. The summed E-state index contributed by atoms with van der Waals surface area (Å²) in [6, 6.07) is 16.5. The fourth-order valence-electron chi connectivity index (χ4n) is 2.91. The van der Waals surface area contributed by atoms with Crippen LogP contribution in [0.2, 0.25) is 0 Å². The average Bonchev–Trinajstić information content (AvgIpc) is 2.78. The van der Waals surface area contributed by atoms with Gasteiger partial charge >= 0.3 is 0 Å². The zero-order valence-electron chi connectivity index (χ0n) is 15.8. The molecule has 1 N–H and O–H groups in total. The topological polar surface area (TPSA) is 76.9 Å². The van der Waals surface area contributed by atoms with Gasteiger partial charge in [-0.3, -0.25) is 19.1 Å². The van der Waals surface area contributed by atoms with Crippen LogP contribution in [0.5, 0.6) is 0 Å². The smallest absolute Gasteiger partial charge is 0.266 e. The van der Waals surface area contributed by atoms with Crippen molar-refractivity contribution in [3.63, 3.8) is 0 Å². The van der Waals surface area contributed by atoms with Crippen LogP contribution in [0, 0.1) is 5.82 Å². The zero-order valence-corrected chi connectivity index (χ0v) is 16.6. The first kappa shape index (κ1) is 19.8. The minimum absolute atomic E-state index is 0.0756. The molecule has 0 bridgehead atoms. The Hall–Kier alpha value is -3.52. The zero-order chi connectivity index (χ0) is 20.9. The first-order valence-electron chi connectivity index (χ1n) is 9.18. The molecule has 0 atom stereocenters. The maximum absolute atomic E-state index is 13.1. The van der Waals surface area contributed by atoms with Gasteiger partial charge in [0.1, 0.15) is 5.82 Å². The van der Waals surface area contributed by atoms with E-state index in [1.807, 2.05) is 6.07 Å². The number of carbonyl (C=O) groups excluding carboxylic acids is 1. The Morgan fingerprint density at radius 3 is 2.63 bits per heavy atom. The Labute approximate surface area is 175 Å². The molecule has 2 aromatic heterocycles. The second-order valence-corrected chi connectivity index (χ2v) is 7.40. The highest BCUT2D eigenvalue weighted by molar-refractivity contribution is 7.99. The number of halogens is 1. The van der Waals surface area contributed by atoms with Gasteiger partial charge in [0, 0.05) is 12.7 Å². The van der Waals surface area contributed by atoms with Gasteiger partial charge in [0.25, 0.3) is 5.56 Å². The fourth-order valence-corrected chi connectivity index (χ4v) is 3.75. The van der Waals surface area contributed by atoms with Gasteiger partial charge in [-0.25, -0.2) is 9.37 Å². The summed E-state index contributed by atoms with van der Waals surface area (Å²) >= 11 is 1.17. The molecule has 4 rings (SSSR count). The highest BCUT2D eigenvalue weighted by atomic mass is 32.2. The third-order valence-corrected chi connectivity index (χ3v) is 5.32. The van der Waals surface area contributed by atoms with Crippen LogP contribution in [0.1, 0.15) is 5.56 Å². The maximum atomic E-state index is 13.1. The maximum Gasteiger partial charge on any atom is 0.266 e. The Kier molecular flexibility index (Phi) is 5.85. The van der Waals surface area contributed by atoms with Crippen LogP contribution in [0.4, 0.5) is 4.39 Å². The van der Waals surface area contributed by atoms with E-state index in [9.17, 15) is 14.0 Å². The normalized spacial score (nSPS) is 10.8. The van der Waals surface area contributed by atoms with Crippen molar-refractivity contribution in [2.75, 3.05) is 5.75 Å². The number of rotatable bonds is 6. The summed E-state index contributed by atoms with van der Waals surface area (Å²) in [5.41, 5.74) is 1.72. The number of amides is 1. The molecule has 1 amide bonds. The highest BCUT2D eigenvalue weighted by Crippen LogP contribution is 2.20. The standard InChI is InChI=1S/C22H17FN4O2S/c23-16-9-7-15(8-10-16)12-25-20(28)14-30-22-26-19-6-2-1-5-18(19)21(29)27(22)17-4-3-11-24-13-17/h1-11,13H,12,14H2,(H,25,28). The summed E-state index contributed by atoms with van der Waals surface area (Å²) in [5, 5.41) is 3.69. The van der Waals surface area contributed by atoms with E-state index in [0.717, 1.165) is 5.56 Å². The third kappa shape index (κ3) is 4.38. The predicted molar refractivity (Wildman–Crippen MR) is 114 cm³/mol. The van der Waals surface area contributed by atoms with Gasteiger partial charge in [0.05, 0.1) is 28.5 Å². The molecule has 0 aliphatic rings. The second-order valence-electron chi connectivity index (χ2n) is 6.46. The molecule has 6 nitrogen and oxygen atoms in total. The van der Waals surface area contributed by atoms with Crippen LogP contribution in [-0.2, 0) is 11.3 Å². The summed E-state index contributed by atoms with van der Waals surface area (Å²) in [6.45, 7) is 0.292. The summed E-state index contributed by atoms with van der Waals surface area (Å²) in [6.07, 6.45) is 3.20. The molecule has 2 aromatic carbocycles. The monoisotopic (exact) mass is 420 g/mol. The van der Waals surface area contributed by atoms with Crippen molar-refractivity contribution in [1.29, 1.82) is 0 Å². The Morgan fingerprint density at radius 1 is 1.07 bits per heavy atom. The lowest BCUT2D eigenvalue weighted by molar-refractivity contribution is -0.118. The van der Waals surface area contributed by atoms with Crippen LogP contribution in [0.25, 0.3) is 16.6 Å². The lowest BCUT2D eigenvalue weighted by Crippen LogP contribution is -2.26. The van der Waals surface area contributed by atoms with Crippen LogP contribution >= 0.6 is 11.8 Å². The van der Waals surface area contributed by atoms with Gasteiger partial charge < -0.3 is 5.32 Å². The number of hydrogen-bond donors (Lipinski definition) is 1. The summed E-state index contributed by atoms with van der Waals surface area (Å²) < 4.78 is 14.5. The number of nitrogens with zero attached hydrogens (tertiary/aromatic N) is 3. The molecule has 0 aliphatic carbocycles. The van der Waals surface area contributed by atoms with Crippen LogP contribution in [0.15, 0.2) is 83.0 Å². The number of benzene rings is 2. The van der Waals surface area contributed by atoms with E-state index in [1.165, 1.54) is 28.5 Å². The van der Waals surface area contributed by atoms with Crippen molar-refractivity contribution in [2.24, 2.45) is 0 Å². The number of para-hydroxylation sites is 1. The molecule has 0 fully saturated rings. The summed E-state index contributed by atoms with van der Waals surface area (Å²) in [4.78, 5) is 34.1. The van der Waals surface area contributed by atoms with Crippen molar-refractivity contribution < 1.29 is 9.18 Å². The molecule has 2 heterocycles. The van der Waals surface area contributed by atoms with Crippen molar-refractivity contribution >= 4 is 28.6 Å². The van der Waals surface area contributed by atoms with E-state index in [4.69, 9.17) is 0 Å². The number of nitrogens with one attached hydrogen (secondary N) is 1. The van der Waals surface area contributed by atoms with Gasteiger partial charge in [-0.1, -0.05) is 36.0 Å². The quantitative estimate of drug-likeness (QED) is 0.383. The predicted octanol–water partition coefficient (Wildman–Crippen LogP) is 3.33. The number of aromatic nitrogens is 3. The number of hydrogen-bond acceptors (Lipinski definition) is 5. The van der Waals surface area contributed by atoms with Crippen molar-refractivity contribution in [1.82, 2.24) is 19.9 Å². The molecule has 0 aliphatic heterocycles. The van der Waals surface area contributed by atoms with Crippen LogP contribution < -0.4 is 10.9 Å². The van der Waals surface area contributed by atoms with Crippen molar-refractivity contribution in [3.8, 4) is 5.69 Å². The van der Waals surface area contributed by atoms with Gasteiger partial charge in [0.15, 0.2) is 5.16 Å². The van der Waals surface area contributed by atoms with Crippen LogP contribution in [0.3, 0.4) is 0 Å². The van der Waals surface area contributed by atoms with Crippen LogP contribution in [-0.4, -0.2) is 26.2 Å². The van der Waals surface area contributed by atoms with Crippen molar-refractivity contribution in [2.45, 2.75) is 11.7 Å². The Bertz CT molecular complexity index is 1240. The molecule has 30 heavy (non-hydrogen) atoms. The van der Waals surface area contributed by atoms with E-state index >= 15 is 0 Å². The number of pyridine rings is 1. The Balaban J connectivity index is 1.56. The number of fused-ring (bicyclic) bond motifs is 1. The molecule has 0 radical (unpaired) electrons. The Morgan fingerprint density at radius 2 is 1.87 bits per heavy atom. The van der Waals surface area contributed by atoms with E-state index < -0.39 is 0 Å². The largest absolute Gasteiger partial charge is 0.351 e. The van der Waals surface area contributed by atoms with Gasteiger partial charge in [0.2, 0.25) is 5.91 Å². The second kappa shape index (κ2) is 8.87. The fraction of sp³-hybridized carbons (Fsp3) is 0.0909. The summed E-state index contributed by atoms with van der Waals surface area (Å²) in [5.74, 6) is -0.465. The van der Waals surface area contributed by atoms with E-state index in [-0.39, 0.29) is 23.0 Å². The van der Waals surface area contributed by atoms with Gasteiger partial charge in [-0.15, -0.1) is 0 Å². The van der Waals surface area contributed by atoms with E-state index in [1.54, 1.807) is 54.9 Å². The van der Waals surface area contributed by atoms with Gasteiger partial charge in [-0.05, 0) is 42.0 Å². The molecular weight excluding hydrogens is 403 g/mol. The lowest BCUT2D eigenvalue weighted by Gasteiger charge is -2.13. The van der Waals surface area contributed by atoms with E-state index in [0.29, 0.717) is 28.3 Å². The van der Waals surface area contributed by atoms with Gasteiger partial charge in [-0.2, -0.15) is 0 Å². The van der Waals surface area contributed by atoms with Crippen molar-refractivity contribution in [3.05, 3.63) is 94.8 Å². The first-order valence-corrected chi connectivity index (χ1v) is 10.2. The number of carbonyl (C=O) groups is 1. The molecule has 0 saturated carbocycles.